The highest BCUT2D eigenvalue weighted by Crippen LogP contribution is 2.21. The Morgan fingerprint density at radius 2 is 2.10 bits per heavy atom. The van der Waals surface area contributed by atoms with Crippen molar-refractivity contribution in [3.63, 3.8) is 0 Å². The molecule has 0 bridgehead atoms. The lowest BCUT2D eigenvalue weighted by atomic mass is 10.2. The SMILES string of the molecule is O=C(CN1CCCS1(=O)=O)Nc1ccc(C(=O)O)c(Cl)c1. The molecular formula is C12H13ClN2O5S. The van der Waals surface area contributed by atoms with Gasteiger partial charge in [0.1, 0.15) is 0 Å². The van der Waals surface area contributed by atoms with Crippen molar-refractivity contribution in [1.82, 2.24) is 4.31 Å². The zero-order valence-electron chi connectivity index (χ0n) is 10.9. The Labute approximate surface area is 126 Å². The van der Waals surface area contributed by atoms with Crippen LogP contribution in [0.3, 0.4) is 0 Å². The Morgan fingerprint density at radius 3 is 2.62 bits per heavy atom. The van der Waals surface area contributed by atoms with Crippen molar-refractivity contribution in [2.75, 3.05) is 24.2 Å². The first kappa shape index (κ1) is 15.7. The highest BCUT2D eigenvalue weighted by Gasteiger charge is 2.29. The predicted molar refractivity (Wildman–Crippen MR) is 77.0 cm³/mol. The molecule has 0 radical (unpaired) electrons. The summed E-state index contributed by atoms with van der Waals surface area (Å²) in [6.07, 6.45) is 0.509. The lowest BCUT2D eigenvalue weighted by Gasteiger charge is -2.14. The number of hydrogen-bond donors (Lipinski definition) is 2. The van der Waals surface area contributed by atoms with E-state index in [-0.39, 0.29) is 22.9 Å². The third-order valence-electron chi connectivity index (χ3n) is 3.01. The average molecular weight is 333 g/mol. The second-order valence-corrected chi connectivity index (χ2v) is 7.05. The second-order valence-electron chi connectivity index (χ2n) is 4.55. The van der Waals surface area contributed by atoms with Gasteiger partial charge in [-0.2, -0.15) is 4.31 Å². The number of rotatable bonds is 4. The first-order valence-electron chi connectivity index (χ1n) is 6.10. The molecule has 0 aromatic heterocycles. The Hall–Kier alpha value is -1.64. The summed E-state index contributed by atoms with van der Waals surface area (Å²) in [6, 6.07) is 3.97. The number of benzene rings is 1. The molecule has 1 amide bonds. The van der Waals surface area contributed by atoms with Crippen molar-refractivity contribution in [2.45, 2.75) is 6.42 Å². The minimum Gasteiger partial charge on any atom is -0.478 e. The van der Waals surface area contributed by atoms with Crippen molar-refractivity contribution in [3.05, 3.63) is 28.8 Å². The number of carboxylic acids is 1. The monoisotopic (exact) mass is 332 g/mol. The normalized spacial score (nSPS) is 17.6. The van der Waals surface area contributed by atoms with Gasteiger partial charge in [-0.15, -0.1) is 0 Å². The van der Waals surface area contributed by atoms with Gasteiger partial charge in [0.15, 0.2) is 0 Å². The molecule has 114 valence electrons. The minimum atomic E-state index is -3.33. The highest BCUT2D eigenvalue weighted by atomic mass is 35.5. The van der Waals surface area contributed by atoms with Crippen molar-refractivity contribution in [1.29, 1.82) is 0 Å². The highest BCUT2D eigenvalue weighted by molar-refractivity contribution is 7.89. The van der Waals surface area contributed by atoms with Gasteiger partial charge in [0.05, 0.1) is 22.9 Å². The van der Waals surface area contributed by atoms with Crippen molar-refractivity contribution < 1.29 is 23.1 Å². The Bertz CT molecular complexity index is 689. The number of amides is 1. The van der Waals surface area contributed by atoms with Crippen LogP contribution in [-0.4, -0.2) is 48.5 Å². The summed E-state index contributed by atoms with van der Waals surface area (Å²) >= 11 is 5.79. The maximum Gasteiger partial charge on any atom is 0.337 e. The number of carboxylic acid groups (broad SMARTS) is 1. The van der Waals surface area contributed by atoms with Gasteiger partial charge in [0.2, 0.25) is 15.9 Å². The van der Waals surface area contributed by atoms with Crippen LogP contribution in [-0.2, 0) is 14.8 Å². The van der Waals surface area contributed by atoms with Gasteiger partial charge in [-0.05, 0) is 24.6 Å². The molecule has 9 heteroatoms. The number of hydrogen-bond acceptors (Lipinski definition) is 4. The molecule has 2 rings (SSSR count). The third kappa shape index (κ3) is 3.72. The van der Waals surface area contributed by atoms with Crippen LogP contribution < -0.4 is 5.32 Å². The number of nitrogens with one attached hydrogen (secondary N) is 1. The fourth-order valence-corrected chi connectivity index (χ4v) is 3.73. The maximum atomic E-state index is 11.8. The van der Waals surface area contributed by atoms with Gasteiger partial charge in [-0.25, -0.2) is 13.2 Å². The molecule has 1 aromatic carbocycles. The standard InChI is InChI=1S/C12H13ClN2O5S/c13-10-6-8(2-3-9(10)12(17)18)14-11(16)7-15-4-1-5-21(15,19)20/h2-3,6H,1,4-5,7H2,(H,14,16)(H,17,18). The summed E-state index contributed by atoms with van der Waals surface area (Å²) in [7, 11) is -3.33. The summed E-state index contributed by atoms with van der Waals surface area (Å²) < 4.78 is 24.3. The molecule has 0 atom stereocenters. The number of sulfonamides is 1. The van der Waals surface area contributed by atoms with Crippen molar-refractivity contribution >= 4 is 39.2 Å². The third-order valence-corrected chi connectivity index (χ3v) is 5.22. The molecular weight excluding hydrogens is 320 g/mol. The van der Waals surface area contributed by atoms with Gasteiger partial charge in [-0.1, -0.05) is 11.6 Å². The van der Waals surface area contributed by atoms with Crippen LogP contribution in [0.15, 0.2) is 18.2 Å². The van der Waals surface area contributed by atoms with E-state index in [0.29, 0.717) is 18.7 Å². The molecule has 1 aliphatic rings. The van der Waals surface area contributed by atoms with Crippen LogP contribution >= 0.6 is 11.6 Å². The molecule has 0 aliphatic carbocycles. The lowest BCUT2D eigenvalue weighted by Crippen LogP contribution is -2.34. The first-order chi connectivity index (χ1) is 9.79. The van der Waals surface area contributed by atoms with E-state index in [9.17, 15) is 18.0 Å². The molecule has 0 saturated carbocycles. The van der Waals surface area contributed by atoms with Gasteiger partial charge in [0, 0.05) is 12.2 Å². The molecule has 0 unspecified atom stereocenters. The molecule has 1 aromatic rings. The maximum absolute atomic E-state index is 11.8. The molecule has 1 fully saturated rings. The smallest absolute Gasteiger partial charge is 0.337 e. The fraction of sp³-hybridized carbons (Fsp3) is 0.333. The minimum absolute atomic E-state index is 0.00547. The van der Waals surface area contributed by atoms with E-state index < -0.39 is 21.9 Å². The Balaban J connectivity index is 2.03. The number of aromatic carboxylic acids is 1. The summed E-state index contributed by atoms with van der Waals surface area (Å²) in [4.78, 5) is 22.6. The summed E-state index contributed by atoms with van der Waals surface area (Å²) in [5.74, 6) is -1.61. The molecule has 7 nitrogen and oxygen atoms in total. The van der Waals surface area contributed by atoms with Gasteiger partial charge >= 0.3 is 5.97 Å². The summed E-state index contributed by atoms with van der Waals surface area (Å²) in [6.45, 7) is 0.0646. The number of halogens is 1. The molecule has 2 N–H and O–H groups in total. The largest absolute Gasteiger partial charge is 0.478 e. The Kier molecular flexibility index (Phi) is 4.50. The molecule has 1 saturated heterocycles. The number of carbonyl (C=O) groups excluding carboxylic acids is 1. The zero-order chi connectivity index (χ0) is 15.6. The van der Waals surface area contributed by atoms with Crippen LogP contribution in [0.4, 0.5) is 5.69 Å². The number of anilines is 1. The lowest BCUT2D eigenvalue weighted by molar-refractivity contribution is -0.116. The second kappa shape index (κ2) is 6.00. The van der Waals surface area contributed by atoms with E-state index in [2.05, 4.69) is 5.32 Å². The molecule has 0 spiro atoms. The van der Waals surface area contributed by atoms with Crippen LogP contribution in [0, 0.1) is 0 Å². The van der Waals surface area contributed by atoms with Gasteiger partial charge < -0.3 is 10.4 Å². The summed E-state index contributed by atoms with van der Waals surface area (Å²) in [5, 5.41) is 11.3. The van der Waals surface area contributed by atoms with Crippen LogP contribution in [0.1, 0.15) is 16.8 Å². The fourth-order valence-electron chi connectivity index (χ4n) is 2.00. The van der Waals surface area contributed by atoms with Crippen LogP contribution in [0.5, 0.6) is 0 Å². The van der Waals surface area contributed by atoms with Crippen LogP contribution in [0.2, 0.25) is 5.02 Å². The van der Waals surface area contributed by atoms with Gasteiger partial charge in [0.25, 0.3) is 0 Å². The van der Waals surface area contributed by atoms with E-state index >= 15 is 0 Å². The molecule has 1 heterocycles. The number of nitrogens with zero attached hydrogens (tertiary/aromatic N) is 1. The first-order valence-corrected chi connectivity index (χ1v) is 8.09. The zero-order valence-corrected chi connectivity index (χ0v) is 12.4. The molecule has 1 aliphatic heterocycles. The summed E-state index contributed by atoms with van der Waals surface area (Å²) in [5.41, 5.74) is 0.239. The van der Waals surface area contributed by atoms with E-state index in [0.717, 1.165) is 4.31 Å². The molecule has 21 heavy (non-hydrogen) atoms. The quantitative estimate of drug-likeness (QED) is 0.856. The van der Waals surface area contributed by atoms with E-state index in [4.69, 9.17) is 16.7 Å². The van der Waals surface area contributed by atoms with Crippen LogP contribution in [0.25, 0.3) is 0 Å². The van der Waals surface area contributed by atoms with E-state index in [1.165, 1.54) is 18.2 Å². The van der Waals surface area contributed by atoms with E-state index in [1.54, 1.807) is 0 Å². The van der Waals surface area contributed by atoms with Gasteiger partial charge in [-0.3, -0.25) is 4.79 Å². The number of carbonyl (C=O) groups is 2. The van der Waals surface area contributed by atoms with Crippen molar-refractivity contribution in [3.8, 4) is 0 Å². The Morgan fingerprint density at radius 1 is 1.38 bits per heavy atom. The van der Waals surface area contributed by atoms with E-state index in [1.807, 2.05) is 0 Å². The topological polar surface area (TPSA) is 104 Å². The average Bonchev–Trinajstić information content (AvgIpc) is 2.68. The predicted octanol–water partition coefficient (Wildman–Crippen LogP) is 1.01. The van der Waals surface area contributed by atoms with Crippen molar-refractivity contribution in [2.24, 2.45) is 0 Å².